The average Bonchev–Trinajstić information content (AvgIpc) is 2.57. The minimum Gasteiger partial charge on any atom is -0.391 e. The molecular formula is C20H27F2NO. The van der Waals surface area contributed by atoms with E-state index in [1.807, 2.05) is 20.8 Å². The lowest BCUT2D eigenvalue weighted by Gasteiger charge is -2.24. The molecule has 0 spiro atoms. The van der Waals surface area contributed by atoms with Gasteiger partial charge in [0.25, 0.3) is 0 Å². The molecule has 0 heterocycles. The number of nitrogens with one attached hydrogen (secondary N) is 1. The van der Waals surface area contributed by atoms with Gasteiger partial charge in [0.2, 0.25) is 0 Å². The predicted molar refractivity (Wildman–Crippen MR) is 95.2 cm³/mol. The number of hydrogen-bond acceptors (Lipinski definition) is 2. The second-order valence-electron chi connectivity index (χ2n) is 5.36. The maximum atomic E-state index is 13.5. The molecule has 0 amide bonds. The molecule has 2 aromatic carbocycles. The third-order valence-electron chi connectivity index (χ3n) is 3.58. The Bertz CT molecular complexity index is 558. The topological polar surface area (TPSA) is 32.3 Å². The third-order valence-corrected chi connectivity index (χ3v) is 3.58. The lowest BCUT2D eigenvalue weighted by Crippen LogP contribution is -2.32. The van der Waals surface area contributed by atoms with Gasteiger partial charge in [-0.1, -0.05) is 45.0 Å². The molecule has 0 bridgehead atoms. The summed E-state index contributed by atoms with van der Waals surface area (Å²) in [5.41, 5.74) is 1.27. The summed E-state index contributed by atoms with van der Waals surface area (Å²) in [7, 11) is 0. The van der Waals surface area contributed by atoms with Gasteiger partial charge in [-0.05, 0) is 48.4 Å². The highest BCUT2D eigenvalue weighted by atomic mass is 19.1. The minimum absolute atomic E-state index is 0.367. The molecule has 4 heteroatoms. The molecular weight excluding hydrogens is 308 g/mol. The molecule has 0 saturated carbocycles. The molecule has 1 unspecified atom stereocenters. The fourth-order valence-corrected chi connectivity index (χ4v) is 2.58. The third kappa shape index (κ3) is 6.02. The van der Waals surface area contributed by atoms with E-state index in [2.05, 4.69) is 5.32 Å². The van der Waals surface area contributed by atoms with Crippen LogP contribution in [0.25, 0.3) is 0 Å². The zero-order chi connectivity index (χ0) is 17.9. The standard InChI is InChI=1S/C18H21F2NO.C2H6/c1-2-9-21-12-17(22)18(13-5-3-7-15(19)10-13)14-6-4-8-16(20)11-14;1-2/h3-8,10-11,17-18,21-22H,2,9,12H2,1H3;1-2H3. The Kier molecular flexibility index (Phi) is 9.20. The van der Waals surface area contributed by atoms with E-state index in [1.54, 1.807) is 24.3 Å². The van der Waals surface area contributed by atoms with Crippen molar-refractivity contribution in [2.24, 2.45) is 0 Å². The van der Waals surface area contributed by atoms with E-state index in [-0.39, 0.29) is 11.6 Å². The van der Waals surface area contributed by atoms with Crippen LogP contribution in [-0.4, -0.2) is 24.3 Å². The summed E-state index contributed by atoms with van der Waals surface area (Å²) in [6.07, 6.45) is 0.187. The van der Waals surface area contributed by atoms with Gasteiger partial charge in [-0.2, -0.15) is 0 Å². The highest BCUT2D eigenvalue weighted by molar-refractivity contribution is 5.34. The van der Waals surface area contributed by atoms with Crippen molar-refractivity contribution >= 4 is 0 Å². The number of aliphatic hydroxyl groups is 1. The maximum absolute atomic E-state index is 13.5. The van der Waals surface area contributed by atoms with Gasteiger partial charge in [0.15, 0.2) is 0 Å². The highest BCUT2D eigenvalue weighted by Gasteiger charge is 2.23. The average molecular weight is 335 g/mol. The van der Waals surface area contributed by atoms with Crippen molar-refractivity contribution in [2.45, 2.75) is 39.2 Å². The zero-order valence-corrected chi connectivity index (χ0v) is 14.6. The monoisotopic (exact) mass is 335 g/mol. The number of benzene rings is 2. The molecule has 2 aromatic rings. The summed E-state index contributed by atoms with van der Waals surface area (Å²) in [4.78, 5) is 0. The van der Waals surface area contributed by atoms with E-state index < -0.39 is 12.0 Å². The van der Waals surface area contributed by atoms with Gasteiger partial charge >= 0.3 is 0 Å². The Morgan fingerprint density at radius 2 is 1.46 bits per heavy atom. The van der Waals surface area contributed by atoms with Crippen LogP contribution in [0.3, 0.4) is 0 Å². The van der Waals surface area contributed by atoms with Gasteiger partial charge < -0.3 is 10.4 Å². The van der Waals surface area contributed by atoms with Crippen molar-refractivity contribution in [2.75, 3.05) is 13.1 Å². The molecule has 2 N–H and O–H groups in total. The smallest absolute Gasteiger partial charge is 0.123 e. The first-order valence-electron chi connectivity index (χ1n) is 8.51. The summed E-state index contributed by atoms with van der Waals surface area (Å²) < 4.78 is 27.0. The second kappa shape index (κ2) is 10.9. The molecule has 2 nitrogen and oxygen atoms in total. The van der Waals surface area contributed by atoms with E-state index in [0.717, 1.165) is 13.0 Å². The Labute approximate surface area is 143 Å². The Balaban J connectivity index is 0.00000139. The summed E-state index contributed by atoms with van der Waals surface area (Å²) in [5.74, 6) is -1.21. The van der Waals surface area contributed by atoms with Gasteiger partial charge in [0.05, 0.1) is 6.10 Å². The van der Waals surface area contributed by atoms with Crippen LogP contribution in [0.15, 0.2) is 48.5 Å². The van der Waals surface area contributed by atoms with Crippen molar-refractivity contribution in [3.8, 4) is 0 Å². The lowest BCUT2D eigenvalue weighted by atomic mass is 9.86. The van der Waals surface area contributed by atoms with Gasteiger partial charge in [-0.25, -0.2) is 8.78 Å². The van der Waals surface area contributed by atoms with E-state index in [1.165, 1.54) is 24.3 Å². The lowest BCUT2D eigenvalue weighted by molar-refractivity contribution is 0.154. The van der Waals surface area contributed by atoms with Gasteiger partial charge in [0, 0.05) is 12.5 Å². The van der Waals surface area contributed by atoms with Crippen LogP contribution >= 0.6 is 0 Å². The van der Waals surface area contributed by atoms with Crippen LogP contribution in [0, 0.1) is 11.6 Å². The Hall–Kier alpha value is -1.78. The predicted octanol–water partition coefficient (Wildman–Crippen LogP) is 4.48. The first kappa shape index (κ1) is 20.3. The van der Waals surface area contributed by atoms with Crippen LogP contribution in [0.1, 0.15) is 44.2 Å². The Morgan fingerprint density at radius 3 is 1.88 bits per heavy atom. The molecule has 1 atom stereocenters. The molecule has 2 rings (SSSR count). The molecule has 24 heavy (non-hydrogen) atoms. The molecule has 132 valence electrons. The van der Waals surface area contributed by atoms with E-state index in [4.69, 9.17) is 0 Å². The van der Waals surface area contributed by atoms with Gasteiger partial charge in [-0.15, -0.1) is 0 Å². The number of aliphatic hydroxyl groups excluding tert-OH is 1. The quantitative estimate of drug-likeness (QED) is 0.731. The number of hydrogen-bond donors (Lipinski definition) is 2. The summed E-state index contributed by atoms with van der Waals surface area (Å²) >= 11 is 0. The van der Waals surface area contributed by atoms with Crippen molar-refractivity contribution < 1.29 is 13.9 Å². The Morgan fingerprint density at radius 1 is 0.958 bits per heavy atom. The summed E-state index contributed by atoms with van der Waals surface area (Å²) in [6.45, 7) is 7.19. The molecule has 0 fully saturated rings. The minimum atomic E-state index is -0.768. The number of halogens is 2. The molecule has 0 radical (unpaired) electrons. The van der Waals surface area contributed by atoms with Crippen LogP contribution in [-0.2, 0) is 0 Å². The van der Waals surface area contributed by atoms with Crippen LogP contribution < -0.4 is 5.32 Å². The van der Waals surface area contributed by atoms with E-state index in [9.17, 15) is 13.9 Å². The largest absolute Gasteiger partial charge is 0.391 e. The van der Waals surface area contributed by atoms with Crippen LogP contribution in [0.4, 0.5) is 8.78 Å². The van der Waals surface area contributed by atoms with Gasteiger partial charge in [0.1, 0.15) is 11.6 Å². The fourth-order valence-electron chi connectivity index (χ4n) is 2.58. The van der Waals surface area contributed by atoms with Crippen molar-refractivity contribution in [1.82, 2.24) is 5.32 Å². The van der Waals surface area contributed by atoms with E-state index >= 15 is 0 Å². The first-order valence-corrected chi connectivity index (χ1v) is 8.51. The molecule has 0 aromatic heterocycles. The maximum Gasteiger partial charge on any atom is 0.123 e. The first-order chi connectivity index (χ1) is 11.6. The normalized spacial score (nSPS) is 11.8. The van der Waals surface area contributed by atoms with Crippen molar-refractivity contribution in [3.63, 3.8) is 0 Å². The molecule has 0 aliphatic heterocycles. The SMILES string of the molecule is CC.CCCNCC(O)C(c1cccc(F)c1)c1cccc(F)c1. The van der Waals surface area contributed by atoms with Crippen LogP contribution in [0.2, 0.25) is 0 Å². The zero-order valence-electron chi connectivity index (χ0n) is 14.6. The van der Waals surface area contributed by atoms with Crippen molar-refractivity contribution in [1.29, 1.82) is 0 Å². The van der Waals surface area contributed by atoms with Crippen molar-refractivity contribution in [3.05, 3.63) is 71.3 Å². The fraction of sp³-hybridized carbons (Fsp3) is 0.400. The molecule has 0 aliphatic carbocycles. The second-order valence-corrected chi connectivity index (χ2v) is 5.36. The number of rotatable bonds is 7. The molecule has 0 saturated heterocycles. The van der Waals surface area contributed by atoms with E-state index in [0.29, 0.717) is 17.7 Å². The summed E-state index contributed by atoms with van der Waals surface area (Å²) in [6, 6.07) is 12.2. The summed E-state index contributed by atoms with van der Waals surface area (Å²) in [5, 5.41) is 13.7. The molecule has 0 aliphatic rings. The van der Waals surface area contributed by atoms with Crippen LogP contribution in [0.5, 0.6) is 0 Å². The highest BCUT2D eigenvalue weighted by Crippen LogP contribution is 2.29. The van der Waals surface area contributed by atoms with Gasteiger partial charge in [-0.3, -0.25) is 0 Å².